The molecule has 2 saturated carbocycles. The fraction of sp³-hybridized carbons (Fsp3) is 0.870. The molecule has 0 aromatic carbocycles. The molecule has 0 spiro atoms. The minimum absolute atomic E-state index is 0.0623. The lowest BCUT2D eigenvalue weighted by Gasteiger charge is -2.37. The zero-order valence-corrected chi connectivity index (χ0v) is 18.1. The lowest BCUT2D eigenvalue weighted by molar-refractivity contribution is -0.134. The zero-order chi connectivity index (χ0) is 20.4. The third kappa shape index (κ3) is 4.77. The topological polar surface area (TPSA) is 79.0 Å². The molecular weight excluding hydrogens is 364 g/mol. The van der Waals surface area contributed by atoms with Gasteiger partial charge < -0.3 is 10.6 Å². The normalized spacial score (nSPS) is 31.3. The van der Waals surface area contributed by atoms with Gasteiger partial charge in [0, 0.05) is 26.6 Å². The summed E-state index contributed by atoms with van der Waals surface area (Å²) in [6, 6.07) is 0. The van der Waals surface area contributed by atoms with Crippen molar-refractivity contribution in [1.82, 2.24) is 9.80 Å². The summed E-state index contributed by atoms with van der Waals surface area (Å²) >= 11 is 0. The third-order valence-corrected chi connectivity index (χ3v) is 7.72. The second-order valence-corrected chi connectivity index (χ2v) is 10.1. The quantitative estimate of drug-likeness (QED) is 0.709. The van der Waals surface area contributed by atoms with Crippen LogP contribution in [-0.2, 0) is 9.59 Å². The zero-order valence-electron chi connectivity index (χ0n) is 18.1. The number of piperidine rings is 1. The first-order chi connectivity index (χ1) is 14.0. The van der Waals surface area contributed by atoms with Gasteiger partial charge >= 0.3 is 0 Å². The largest absolute Gasteiger partial charge is 0.369 e. The minimum Gasteiger partial charge on any atom is -0.369 e. The predicted octanol–water partition coefficient (Wildman–Crippen LogP) is 3.30. The molecule has 2 aliphatic carbocycles. The van der Waals surface area contributed by atoms with Gasteiger partial charge in [0.25, 0.3) is 5.91 Å². The Morgan fingerprint density at radius 1 is 1.07 bits per heavy atom. The molecule has 3 fully saturated rings. The van der Waals surface area contributed by atoms with Crippen molar-refractivity contribution >= 4 is 17.8 Å². The average Bonchev–Trinajstić information content (AvgIpc) is 3.52. The summed E-state index contributed by atoms with van der Waals surface area (Å²) < 4.78 is 0. The van der Waals surface area contributed by atoms with E-state index in [4.69, 9.17) is 10.7 Å². The monoisotopic (exact) mass is 402 g/mol. The number of carbonyl (C=O) groups excluding carboxylic acids is 2. The smallest absolute Gasteiger partial charge is 0.257 e. The Hall–Kier alpha value is -1.59. The van der Waals surface area contributed by atoms with Crippen molar-refractivity contribution in [3.63, 3.8) is 0 Å². The molecule has 2 amide bonds. The van der Waals surface area contributed by atoms with Crippen LogP contribution in [0.1, 0.15) is 83.5 Å². The molecule has 0 radical (unpaired) electrons. The van der Waals surface area contributed by atoms with Crippen molar-refractivity contribution in [1.29, 1.82) is 0 Å². The van der Waals surface area contributed by atoms with Gasteiger partial charge in [-0.15, -0.1) is 0 Å². The predicted molar refractivity (Wildman–Crippen MR) is 114 cm³/mol. The number of hydrogen-bond acceptors (Lipinski definition) is 4. The highest BCUT2D eigenvalue weighted by Crippen LogP contribution is 2.39. The van der Waals surface area contributed by atoms with E-state index in [1.807, 2.05) is 0 Å². The molecule has 2 aliphatic heterocycles. The molecule has 0 aromatic rings. The molecule has 1 unspecified atom stereocenters. The van der Waals surface area contributed by atoms with E-state index >= 15 is 0 Å². The lowest BCUT2D eigenvalue weighted by atomic mass is 9.77. The van der Waals surface area contributed by atoms with Gasteiger partial charge in [-0.1, -0.05) is 32.1 Å². The Morgan fingerprint density at radius 2 is 1.79 bits per heavy atom. The van der Waals surface area contributed by atoms with Crippen molar-refractivity contribution in [3.8, 4) is 0 Å². The summed E-state index contributed by atoms with van der Waals surface area (Å²) in [5, 5.41) is 0. The first-order valence-corrected chi connectivity index (χ1v) is 11.9. The van der Waals surface area contributed by atoms with Crippen molar-refractivity contribution < 1.29 is 9.59 Å². The highest BCUT2D eigenvalue weighted by molar-refractivity contribution is 6.06. The summed E-state index contributed by atoms with van der Waals surface area (Å²) in [6.45, 7) is 1.65. The Bertz CT molecular complexity index is 653. The number of amides is 2. The maximum atomic E-state index is 13.2. The molecule has 4 rings (SSSR count). The van der Waals surface area contributed by atoms with Crippen LogP contribution in [0.2, 0.25) is 0 Å². The van der Waals surface area contributed by atoms with Crippen LogP contribution in [0, 0.1) is 17.8 Å². The van der Waals surface area contributed by atoms with Crippen LogP contribution in [0.25, 0.3) is 0 Å². The number of hydrogen-bond donors (Lipinski definition) is 1. The van der Waals surface area contributed by atoms with E-state index < -0.39 is 5.54 Å². The van der Waals surface area contributed by atoms with Crippen LogP contribution in [-0.4, -0.2) is 53.2 Å². The van der Waals surface area contributed by atoms with Gasteiger partial charge in [-0.2, -0.15) is 0 Å². The van der Waals surface area contributed by atoms with Gasteiger partial charge in [0.2, 0.25) is 5.91 Å². The van der Waals surface area contributed by atoms with Crippen LogP contribution in [0.15, 0.2) is 4.99 Å². The Kier molecular flexibility index (Phi) is 6.16. The summed E-state index contributed by atoms with van der Waals surface area (Å²) in [7, 11) is 1.75. The van der Waals surface area contributed by atoms with E-state index in [2.05, 4.69) is 4.90 Å². The average molecular weight is 403 g/mol. The number of rotatable bonds is 7. The third-order valence-electron chi connectivity index (χ3n) is 7.72. The molecule has 6 nitrogen and oxygen atoms in total. The summed E-state index contributed by atoms with van der Waals surface area (Å²) in [4.78, 5) is 34.2. The van der Waals surface area contributed by atoms with E-state index in [0.717, 1.165) is 51.1 Å². The molecule has 2 N–H and O–H groups in total. The van der Waals surface area contributed by atoms with E-state index in [9.17, 15) is 9.59 Å². The van der Waals surface area contributed by atoms with Crippen molar-refractivity contribution in [2.45, 2.75) is 89.0 Å². The summed E-state index contributed by atoms with van der Waals surface area (Å²) in [6.07, 6.45) is 14.4. The van der Waals surface area contributed by atoms with Gasteiger partial charge in [-0.25, -0.2) is 4.99 Å². The first-order valence-electron chi connectivity index (χ1n) is 11.9. The molecular formula is C23H38N4O2. The second-order valence-electron chi connectivity index (χ2n) is 10.1. The van der Waals surface area contributed by atoms with E-state index in [0.29, 0.717) is 30.1 Å². The fourth-order valence-electron chi connectivity index (χ4n) is 5.71. The van der Waals surface area contributed by atoms with Crippen LogP contribution < -0.4 is 5.73 Å². The number of aliphatic imine (C=N–C) groups is 1. The highest BCUT2D eigenvalue weighted by Gasteiger charge is 2.48. The molecule has 162 valence electrons. The van der Waals surface area contributed by atoms with Crippen molar-refractivity contribution in [2.75, 3.05) is 20.1 Å². The first kappa shape index (κ1) is 20.7. The fourth-order valence-corrected chi connectivity index (χ4v) is 5.71. The standard InChI is InChI=1S/C23H38N4O2/c1-26-21(29)23(25-22(26)24,12-11-17-6-3-2-4-7-17)15-19-8-5-13-27(16-19)20(28)14-18-9-10-18/h17-19H,2-16H2,1H3,(H2,24,25)/t19-,23?/m1/s1. The Balaban J connectivity index is 1.42. The van der Waals surface area contributed by atoms with Gasteiger partial charge in [-0.05, 0) is 62.7 Å². The van der Waals surface area contributed by atoms with E-state index in [1.165, 1.54) is 44.9 Å². The van der Waals surface area contributed by atoms with Crippen molar-refractivity contribution in [2.24, 2.45) is 28.5 Å². The molecule has 2 atom stereocenters. The molecule has 1 saturated heterocycles. The van der Waals surface area contributed by atoms with E-state index in [1.54, 1.807) is 11.9 Å². The second kappa shape index (κ2) is 8.65. The number of nitrogens with zero attached hydrogens (tertiary/aromatic N) is 3. The minimum atomic E-state index is -0.705. The Labute approximate surface area is 175 Å². The highest BCUT2D eigenvalue weighted by atomic mass is 16.2. The molecule has 29 heavy (non-hydrogen) atoms. The van der Waals surface area contributed by atoms with Crippen LogP contribution >= 0.6 is 0 Å². The maximum Gasteiger partial charge on any atom is 0.257 e. The number of guanidine groups is 1. The number of likely N-dealkylation sites (tertiary alicyclic amines) is 1. The van der Waals surface area contributed by atoms with Gasteiger partial charge in [0.15, 0.2) is 5.96 Å². The Morgan fingerprint density at radius 3 is 2.45 bits per heavy atom. The molecule has 0 bridgehead atoms. The summed E-state index contributed by atoms with van der Waals surface area (Å²) in [5.41, 5.74) is 5.38. The van der Waals surface area contributed by atoms with Crippen molar-refractivity contribution in [3.05, 3.63) is 0 Å². The van der Waals surface area contributed by atoms with Crippen LogP contribution in [0.3, 0.4) is 0 Å². The van der Waals surface area contributed by atoms with E-state index in [-0.39, 0.29) is 5.91 Å². The molecule has 2 heterocycles. The number of likely N-dealkylation sites (N-methyl/N-ethyl adjacent to an activating group) is 1. The van der Waals surface area contributed by atoms with Crippen LogP contribution in [0.5, 0.6) is 0 Å². The molecule has 6 heteroatoms. The SMILES string of the molecule is CN1C(=O)C(CCC2CCCCC2)(C[C@H]2CCCN(C(=O)CC3CC3)C2)N=C1N. The number of carbonyl (C=O) groups is 2. The number of nitrogens with two attached hydrogens (primary N) is 1. The molecule has 4 aliphatic rings. The van der Waals surface area contributed by atoms with Crippen LogP contribution in [0.4, 0.5) is 0 Å². The maximum absolute atomic E-state index is 13.2. The van der Waals surface area contributed by atoms with Gasteiger partial charge in [0.05, 0.1) is 0 Å². The van der Waals surface area contributed by atoms with Gasteiger partial charge in [-0.3, -0.25) is 14.5 Å². The summed E-state index contributed by atoms with van der Waals surface area (Å²) in [5.74, 6) is 2.41. The van der Waals surface area contributed by atoms with Gasteiger partial charge in [0.1, 0.15) is 5.54 Å². The lowest BCUT2D eigenvalue weighted by Crippen LogP contribution is -2.47. The molecule has 0 aromatic heterocycles.